The van der Waals surface area contributed by atoms with Gasteiger partial charge in [0.2, 0.25) is 12.0 Å². The number of carbonyl (C=O) groups is 1. The van der Waals surface area contributed by atoms with Crippen LogP contribution in [0, 0.1) is 6.92 Å². The summed E-state index contributed by atoms with van der Waals surface area (Å²) in [5.74, 6) is 1.27. The van der Waals surface area contributed by atoms with E-state index in [1.54, 1.807) is 31.6 Å². The van der Waals surface area contributed by atoms with Gasteiger partial charge in [0.25, 0.3) is 0 Å². The van der Waals surface area contributed by atoms with E-state index in [1.807, 2.05) is 85.5 Å². The molecule has 1 aliphatic rings. The van der Waals surface area contributed by atoms with Crippen LogP contribution in [0.4, 0.5) is 0 Å². The number of carboxylic acid groups (broad SMARTS) is 1. The Morgan fingerprint density at radius 3 is 2.39 bits per heavy atom. The van der Waals surface area contributed by atoms with Crippen LogP contribution in [0.15, 0.2) is 116 Å². The number of nitrogens with zero attached hydrogens (tertiary/aromatic N) is 8. The molecule has 69 heavy (non-hydrogen) atoms. The molecule has 5 heterocycles. The van der Waals surface area contributed by atoms with E-state index in [0.717, 1.165) is 89.3 Å². The average molecular weight is 966 g/mol. The number of hydrogen-bond donors (Lipinski definition) is 1. The van der Waals surface area contributed by atoms with Crippen LogP contribution >= 0.6 is 23.1 Å². The average Bonchev–Trinajstić information content (AvgIpc) is 3.99. The number of aromatic nitrogens is 6. The second-order valence-electron chi connectivity index (χ2n) is 17.0. The molecule has 1 aliphatic heterocycles. The van der Waals surface area contributed by atoms with E-state index < -0.39 is 12.1 Å². The topological polar surface area (TPSA) is 150 Å². The van der Waals surface area contributed by atoms with Crippen LogP contribution in [-0.2, 0) is 37.7 Å². The summed E-state index contributed by atoms with van der Waals surface area (Å²) in [7, 11) is 5.67. The van der Waals surface area contributed by atoms with Gasteiger partial charge in [-0.3, -0.25) is 14.6 Å². The van der Waals surface area contributed by atoms with Crippen molar-refractivity contribution in [1.82, 2.24) is 38.9 Å². The van der Waals surface area contributed by atoms with Crippen molar-refractivity contribution in [2.75, 3.05) is 53.5 Å². The number of carboxylic acids is 1. The van der Waals surface area contributed by atoms with Gasteiger partial charge in [-0.1, -0.05) is 72.3 Å². The SMILES string of the molecule is COc1ccccc1-c1nccc(COc2ccccc2C[C@@H](Oc2nsc3cnc(-c4ccc(CCc5ccn(C)n5)cc4)c(-c4ccc(OCCN5CCN(C)CC5)c(Cl)c4C)c23)C(=O)O)n1. The van der Waals surface area contributed by atoms with Crippen molar-refractivity contribution in [2.45, 2.75) is 38.9 Å². The number of hydrogen-bond acceptors (Lipinski definition) is 13. The van der Waals surface area contributed by atoms with Gasteiger partial charge in [-0.15, -0.1) is 0 Å². The van der Waals surface area contributed by atoms with E-state index >= 15 is 0 Å². The highest BCUT2D eigenvalue weighted by atomic mass is 35.5. The molecule has 0 unspecified atom stereocenters. The number of para-hydroxylation sites is 2. The van der Waals surface area contributed by atoms with Crippen LogP contribution < -0.4 is 18.9 Å². The lowest BCUT2D eigenvalue weighted by atomic mass is 9.92. The van der Waals surface area contributed by atoms with Gasteiger partial charge >= 0.3 is 5.97 Å². The maximum absolute atomic E-state index is 13.2. The molecule has 0 aliphatic carbocycles. The van der Waals surface area contributed by atoms with Gasteiger partial charge in [0.05, 0.1) is 44.9 Å². The minimum absolute atomic E-state index is 0.0149. The zero-order valence-corrected chi connectivity index (χ0v) is 40.5. The summed E-state index contributed by atoms with van der Waals surface area (Å²) in [5, 5.41) is 16.4. The first-order valence-corrected chi connectivity index (χ1v) is 24.0. The van der Waals surface area contributed by atoms with Crippen LogP contribution in [0.3, 0.4) is 0 Å². The quantitative estimate of drug-likeness (QED) is 0.0821. The third kappa shape index (κ3) is 11.0. The molecule has 0 saturated carbocycles. The van der Waals surface area contributed by atoms with Gasteiger partial charge in [0.15, 0.2) is 5.82 Å². The molecule has 0 spiro atoms. The molecule has 8 aromatic rings. The first-order chi connectivity index (χ1) is 33.6. The fourth-order valence-corrected chi connectivity index (χ4v) is 9.40. The Kier molecular flexibility index (Phi) is 14.8. The lowest BCUT2D eigenvalue weighted by molar-refractivity contribution is -0.145. The molecule has 0 radical (unpaired) electrons. The third-order valence-electron chi connectivity index (χ3n) is 12.4. The summed E-state index contributed by atoms with van der Waals surface area (Å²) in [5.41, 5.74) is 8.08. The van der Waals surface area contributed by atoms with E-state index in [0.29, 0.717) is 57.0 Å². The van der Waals surface area contributed by atoms with Crippen LogP contribution in [0.1, 0.15) is 28.1 Å². The van der Waals surface area contributed by atoms with Crippen LogP contribution in [0.5, 0.6) is 23.1 Å². The third-order valence-corrected chi connectivity index (χ3v) is 13.6. The van der Waals surface area contributed by atoms with Crippen molar-refractivity contribution >= 4 is 39.2 Å². The van der Waals surface area contributed by atoms with E-state index in [9.17, 15) is 9.90 Å². The van der Waals surface area contributed by atoms with Gasteiger partial charge < -0.3 is 29.0 Å². The van der Waals surface area contributed by atoms with Gasteiger partial charge in [-0.05, 0) is 97.0 Å². The van der Waals surface area contributed by atoms with E-state index in [-0.39, 0.29) is 18.9 Å². The molecular weight excluding hydrogens is 912 g/mol. The van der Waals surface area contributed by atoms with Crippen LogP contribution in [0.25, 0.3) is 43.9 Å². The summed E-state index contributed by atoms with van der Waals surface area (Å²) < 4.78 is 31.9. The number of methoxy groups -OCH3 is 1. The number of fused-ring (bicyclic) bond motifs is 1. The second kappa shape index (κ2) is 21.6. The summed E-state index contributed by atoms with van der Waals surface area (Å²) in [6, 6.07) is 30.9. The van der Waals surface area contributed by atoms with Crippen LogP contribution in [0.2, 0.25) is 5.02 Å². The van der Waals surface area contributed by atoms with Crippen molar-refractivity contribution in [3.05, 3.63) is 149 Å². The smallest absolute Gasteiger partial charge is 0.345 e. The van der Waals surface area contributed by atoms with Crippen molar-refractivity contribution in [1.29, 1.82) is 0 Å². The van der Waals surface area contributed by atoms with Gasteiger partial charge in [-0.2, -0.15) is 9.47 Å². The summed E-state index contributed by atoms with van der Waals surface area (Å²) in [6.45, 7) is 7.43. The number of aryl methyl sites for hydroxylation is 3. The molecular formula is C53H53ClN8O6S. The molecule has 1 saturated heterocycles. The fourth-order valence-electron chi connectivity index (χ4n) is 8.48. The Hall–Kier alpha value is -6.91. The molecule has 0 bridgehead atoms. The maximum atomic E-state index is 13.2. The zero-order chi connectivity index (χ0) is 47.9. The highest BCUT2D eigenvalue weighted by Gasteiger charge is 2.28. The van der Waals surface area contributed by atoms with E-state index in [4.69, 9.17) is 44.9 Å². The minimum atomic E-state index is -1.33. The van der Waals surface area contributed by atoms with Crippen molar-refractivity contribution in [2.24, 2.45) is 7.05 Å². The number of likely N-dealkylation sites (N-methyl/N-ethyl adjacent to an activating group) is 1. The number of benzene rings is 4. The Bertz CT molecular complexity index is 3060. The second-order valence-corrected chi connectivity index (χ2v) is 18.2. The molecule has 1 fully saturated rings. The molecule has 16 heteroatoms. The standard InChI is InChI=1S/C53H53ClN8O6S/c1-34-40(19-20-44(49(34)54)66-30-29-62-27-25-60(2)26-28-62)47-48-46(32-56-50(47)36-16-13-35(14-17-36)15-18-38-22-24-61(3)58-38)69-59-52(48)68-45(53(63)64)31-37-9-5-7-11-42(37)67-33-39-21-23-55-51(57-39)41-10-6-8-12-43(41)65-4/h5-14,16-17,19-24,32,45H,15,18,25-31,33H2,1-4H3,(H,63,64)/t45-/m1/s1. The van der Waals surface area contributed by atoms with Crippen molar-refractivity contribution < 1.29 is 28.8 Å². The molecule has 354 valence electrons. The molecule has 4 aromatic heterocycles. The largest absolute Gasteiger partial charge is 0.496 e. The summed E-state index contributed by atoms with van der Waals surface area (Å²) >= 11 is 8.38. The number of rotatable bonds is 19. The Morgan fingerprint density at radius 1 is 0.841 bits per heavy atom. The lowest BCUT2D eigenvalue weighted by Gasteiger charge is -2.32. The predicted molar refractivity (Wildman–Crippen MR) is 269 cm³/mol. The fraction of sp³-hybridized carbons (Fsp3) is 0.283. The molecule has 1 atom stereocenters. The lowest BCUT2D eigenvalue weighted by Crippen LogP contribution is -2.45. The number of aliphatic carboxylic acids is 1. The Labute approximate surface area is 410 Å². The Balaban J connectivity index is 1.01. The zero-order valence-electron chi connectivity index (χ0n) is 39.0. The minimum Gasteiger partial charge on any atom is -0.496 e. The number of piperazine rings is 1. The number of pyridine rings is 1. The van der Waals surface area contributed by atoms with Crippen molar-refractivity contribution in [3.63, 3.8) is 0 Å². The monoisotopic (exact) mass is 964 g/mol. The molecule has 1 N–H and O–H groups in total. The van der Waals surface area contributed by atoms with E-state index in [2.05, 4.69) is 51.2 Å². The van der Waals surface area contributed by atoms with Gasteiger partial charge in [0, 0.05) is 75.9 Å². The molecule has 0 amide bonds. The highest BCUT2D eigenvalue weighted by molar-refractivity contribution is 7.13. The number of ether oxygens (including phenoxy) is 4. The molecule has 14 nitrogen and oxygen atoms in total. The van der Waals surface area contributed by atoms with Crippen LogP contribution in [-0.4, -0.2) is 110 Å². The molecule has 4 aromatic carbocycles. The first kappa shape index (κ1) is 47.2. The van der Waals surface area contributed by atoms with Gasteiger partial charge in [0.1, 0.15) is 30.5 Å². The predicted octanol–water partition coefficient (Wildman–Crippen LogP) is 9.25. The highest BCUT2D eigenvalue weighted by Crippen LogP contribution is 2.46. The Morgan fingerprint density at radius 2 is 1.62 bits per heavy atom. The summed E-state index contributed by atoms with van der Waals surface area (Å²) in [4.78, 5) is 32.1. The van der Waals surface area contributed by atoms with E-state index in [1.165, 1.54) is 11.5 Å². The maximum Gasteiger partial charge on any atom is 0.345 e. The normalized spacial score (nSPS) is 13.6. The van der Waals surface area contributed by atoms with Gasteiger partial charge in [-0.25, -0.2) is 14.8 Å². The summed E-state index contributed by atoms with van der Waals surface area (Å²) in [6.07, 6.45) is 5.69. The number of halogens is 1. The first-order valence-electron chi connectivity index (χ1n) is 22.9. The van der Waals surface area contributed by atoms with Crippen molar-refractivity contribution in [3.8, 4) is 56.9 Å². The molecule has 9 rings (SSSR count).